The molecule has 0 radical (unpaired) electrons. The molecular formula is C10H12O2. The predicted octanol–water partition coefficient (Wildman–Crippen LogP) is 2.35. The molecule has 1 aromatic carbocycles. The number of phenolic OH excluding ortho intramolecular Hbond substituents is 1. The molecule has 1 N–H and O–H groups in total. The minimum Gasteiger partial charge on any atom is -0.508 e. The molecule has 0 spiro atoms. The third-order valence-corrected chi connectivity index (χ3v) is 1.42. The van der Waals surface area contributed by atoms with Crippen LogP contribution in [0, 0.1) is 0 Å². The van der Waals surface area contributed by atoms with Gasteiger partial charge in [0.2, 0.25) is 0 Å². The van der Waals surface area contributed by atoms with Gasteiger partial charge in [-0.1, -0.05) is 12.2 Å². The Labute approximate surface area is 72.1 Å². The van der Waals surface area contributed by atoms with E-state index >= 15 is 0 Å². The smallest absolute Gasteiger partial charge is 0.120 e. The molecule has 0 saturated heterocycles. The quantitative estimate of drug-likeness (QED) is 0.695. The first-order chi connectivity index (χ1) is 5.83. The van der Waals surface area contributed by atoms with E-state index in [0.717, 1.165) is 5.75 Å². The Morgan fingerprint density at radius 2 is 2.00 bits per heavy atom. The highest BCUT2D eigenvalue weighted by molar-refractivity contribution is 5.30. The van der Waals surface area contributed by atoms with Crippen molar-refractivity contribution in [1.82, 2.24) is 0 Å². The summed E-state index contributed by atoms with van der Waals surface area (Å²) in [5.74, 6) is 1.03. The summed E-state index contributed by atoms with van der Waals surface area (Å²) < 4.78 is 5.30. The zero-order valence-electron chi connectivity index (χ0n) is 7.03. The van der Waals surface area contributed by atoms with Crippen LogP contribution in [0.1, 0.15) is 6.92 Å². The highest BCUT2D eigenvalue weighted by Crippen LogP contribution is 2.15. The predicted molar refractivity (Wildman–Crippen MR) is 48.4 cm³/mol. The first-order valence-corrected chi connectivity index (χ1v) is 3.86. The lowest BCUT2D eigenvalue weighted by Gasteiger charge is -2.01. The van der Waals surface area contributed by atoms with E-state index in [1.165, 1.54) is 0 Å². The topological polar surface area (TPSA) is 29.5 Å². The molecule has 0 aliphatic carbocycles. The van der Waals surface area contributed by atoms with E-state index in [1.54, 1.807) is 24.3 Å². The largest absolute Gasteiger partial charge is 0.508 e. The van der Waals surface area contributed by atoms with Crippen molar-refractivity contribution in [2.24, 2.45) is 0 Å². The standard InChI is InChI=1S/C10H12O2/c1-2-3-8-12-10-6-4-9(11)5-7-10/h2-7,11H,8H2,1H3. The Morgan fingerprint density at radius 3 is 2.58 bits per heavy atom. The van der Waals surface area contributed by atoms with Crippen LogP contribution in [0.25, 0.3) is 0 Å². The van der Waals surface area contributed by atoms with Crippen LogP contribution >= 0.6 is 0 Å². The lowest BCUT2D eigenvalue weighted by molar-refractivity contribution is 0.361. The van der Waals surface area contributed by atoms with Crippen LogP contribution in [-0.2, 0) is 0 Å². The molecule has 1 aromatic rings. The zero-order valence-corrected chi connectivity index (χ0v) is 7.03. The maximum Gasteiger partial charge on any atom is 0.120 e. The number of aromatic hydroxyl groups is 1. The van der Waals surface area contributed by atoms with Crippen molar-refractivity contribution >= 4 is 0 Å². The first-order valence-electron chi connectivity index (χ1n) is 3.86. The van der Waals surface area contributed by atoms with Gasteiger partial charge in [-0.3, -0.25) is 0 Å². The first kappa shape index (κ1) is 8.65. The van der Waals surface area contributed by atoms with Crippen LogP contribution in [0.4, 0.5) is 0 Å². The molecule has 0 aromatic heterocycles. The molecule has 2 nitrogen and oxygen atoms in total. The summed E-state index contributed by atoms with van der Waals surface area (Å²) in [4.78, 5) is 0. The molecule has 0 atom stereocenters. The molecule has 64 valence electrons. The van der Waals surface area contributed by atoms with E-state index < -0.39 is 0 Å². The second-order valence-electron chi connectivity index (χ2n) is 2.37. The molecule has 0 heterocycles. The van der Waals surface area contributed by atoms with Gasteiger partial charge in [-0.25, -0.2) is 0 Å². The molecule has 2 heteroatoms. The Bertz CT molecular complexity index is 249. The van der Waals surface area contributed by atoms with Gasteiger partial charge in [-0.15, -0.1) is 0 Å². The van der Waals surface area contributed by atoms with Crippen molar-refractivity contribution < 1.29 is 9.84 Å². The number of rotatable bonds is 3. The van der Waals surface area contributed by atoms with Crippen LogP contribution in [0.15, 0.2) is 36.4 Å². The fourth-order valence-electron chi connectivity index (χ4n) is 0.783. The molecule has 0 fully saturated rings. The zero-order chi connectivity index (χ0) is 8.81. The minimum absolute atomic E-state index is 0.258. The van der Waals surface area contributed by atoms with Crippen LogP contribution in [0.5, 0.6) is 11.5 Å². The van der Waals surface area contributed by atoms with E-state index in [2.05, 4.69) is 0 Å². The normalized spacial score (nSPS) is 10.4. The van der Waals surface area contributed by atoms with Crippen molar-refractivity contribution in [1.29, 1.82) is 0 Å². The van der Waals surface area contributed by atoms with Gasteiger partial charge in [0, 0.05) is 0 Å². The molecule has 0 aliphatic rings. The van der Waals surface area contributed by atoms with Crippen LogP contribution in [0.3, 0.4) is 0 Å². The number of allylic oxidation sites excluding steroid dienone is 1. The summed E-state index contributed by atoms with van der Waals surface area (Å²) in [6.07, 6.45) is 3.85. The molecular weight excluding hydrogens is 152 g/mol. The fraction of sp³-hybridized carbons (Fsp3) is 0.200. The van der Waals surface area contributed by atoms with Gasteiger partial charge in [0.05, 0.1) is 0 Å². The number of hydrogen-bond donors (Lipinski definition) is 1. The molecule has 0 unspecified atom stereocenters. The Balaban J connectivity index is 2.47. The van der Waals surface area contributed by atoms with Gasteiger partial charge in [0.15, 0.2) is 0 Å². The Hall–Kier alpha value is -1.44. The average Bonchev–Trinajstić information content (AvgIpc) is 2.09. The molecule has 12 heavy (non-hydrogen) atoms. The average molecular weight is 164 g/mol. The SMILES string of the molecule is CC=CCOc1ccc(O)cc1. The Kier molecular flexibility index (Phi) is 3.20. The number of ether oxygens (including phenoxy) is 1. The number of phenols is 1. The van der Waals surface area contributed by atoms with Crippen LogP contribution < -0.4 is 4.74 Å². The summed E-state index contributed by atoms with van der Waals surface area (Å²) in [5, 5.41) is 8.96. The minimum atomic E-state index is 0.258. The Morgan fingerprint density at radius 1 is 1.33 bits per heavy atom. The van der Waals surface area contributed by atoms with Gasteiger partial charge in [0.1, 0.15) is 18.1 Å². The van der Waals surface area contributed by atoms with Crippen LogP contribution in [-0.4, -0.2) is 11.7 Å². The monoisotopic (exact) mass is 164 g/mol. The maximum absolute atomic E-state index is 8.96. The van der Waals surface area contributed by atoms with Gasteiger partial charge < -0.3 is 9.84 Å². The highest BCUT2D eigenvalue weighted by Gasteiger charge is 1.90. The molecule has 0 amide bonds. The fourth-order valence-corrected chi connectivity index (χ4v) is 0.783. The molecule has 0 bridgehead atoms. The van der Waals surface area contributed by atoms with E-state index in [-0.39, 0.29) is 5.75 Å². The maximum atomic E-state index is 8.96. The lowest BCUT2D eigenvalue weighted by atomic mass is 10.3. The number of benzene rings is 1. The van der Waals surface area contributed by atoms with Crippen molar-refractivity contribution in [2.45, 2.75) is 6.92 Å². The van der Waals surface area contributed by atoms with Gasteiger partial charge in [-0.05, 0) is 31.2 Å². The van der Waals surface area contributed by atoms with Crippen molar-refractivity contribution in [2.75, 3.05) is 6.61 Å². The van der Waals surface area contributed by atoms with Crippen molar-refractivity contribution in [3.8, 4) is 11.5 Å². The second-order valence-corrected chi connectivity index (χ2v) is 2.37. The molecule has 0 saturated carbocycles. The van der Waals surface area contributed by atoms with Crippen molar-refractivity contribution in [3.05, 3.63) is 36.4 Å². The van der Waals surface area contributed by atoms with E-state index in [9.17, 15) is 0 Å². The summed E-state index contributed by atoms with van der Waals surface area (Å²) in [5.41, 5.74) is 0. The van der Waals surface area contributed by atoms with E-state index in [4.69, 9.17) is 9.84 Å². The van der Waals surface area contributed by atoms with E-state index in [1.807, 2.05) is 19.1 Å². The van der Waals surface area contributed by atoms with Gasteiger partial charge >= 0.3 is 0 Å². The second kappa shape index (κ2) is 4.44. The summed E-state index contributed by atoms with van der Waals surface area (Å²) in [7, 11) is 0. The van der Waals surface area contributed by atoms with Crippen LogP contribution in [0.2, 0.25) is 0 Å². The number of hydrogen-bond acceptors (Lipinski definition) is 2. The van der Waals surface area contributed by atoms with Gasteiger partial charge in [0.25, 0.3) is 0 Å². The van der Waals surface area contributed by atoms with Crippen molar-refractivity contribution in [3.63, 3.8) is 0 Å². The van der Waals surface area contributed by atoms with E-state index in [0.29, 0.717) is 6.61 Å². The summed E-state index contributed by atoms with van der Waals surface area (Å²) >= 11 is 0. The molecule has 0 aliphatic heterocycles. The highest BCUT2D eigenvalue weighted by atomic mass is 16.5. The third-order valence-electron chi connectivity index (χ3n) is 1.42. The summed E-state index contributed by atoms with van der Waals surface area (Å²) in [6.45, 7) is 2.52. The van der Waals surface area contributed by atoms with Gasteiger partial charge in [-0.2, -0.15) is 0 Å². The summed E-state index contributed by atoms with van der Waals surface area (Å²) in [6, 6.07) is 6.67. The third kappa shape index (κ3) is 2.66. The lowest BCUT2D eigenvalue weighted by Crippen LogP contribution is -1.91. The molecule has 1 rings (SSSR count).